The number of amides is 3. The molecule has 1 fully saturated rings. The van der Waals surface area contributed by atoms with Crippen molar-refractivity contribution in [1.82, 2.24) is 4.57 Å². The van der Waals surface area contributed by atoms with Crippen LogP contribution in [0.15, 0.2) is 75.9 Å². The molecule has 44 heavy (non-hydrogen) atoms. The minimum atomic E-state index is -0.879. The van der Waals surface area contributed by atoms with Crippen molar-refractivity contribution in [3.63, 3.8) is 0 Å². The van der Waals surface area contributed by atoms with E-state index in [1.165, 1.54) is 52.3 Å². The lowest BCUT2D eigenvalue weighted by Gasteiger charge is -2.29. The molecule has 15 heteroatoms. The van der Waals surface area contributed by atoms with Crippen LogP contribution in [0.2, 0.25) is 0 Å². The Morgan fingerprint density at radius 3 is 2.39 bits per heavy atom. The third-order valence-corrected chi connectivity index (χ3v) is 10.8. The highest BCUT2D eigenvalue weighted by atomic mass is 32.2. The molecule has 0 saturated carbocycles. The maximum absolute atomic E-state index is 13.8. The van der Waals surface area contributed by atoms with Crippen LogP contribution in [-0.4, -0.2) is 45.0 Å². The van der Waals surface area contributed by atoms with Crippen molar-refractivity contribution in [3.8, 4) is 0 Å². The number of nitro groups is 1. The van der Waals surface area contributed by atoms with Gasteiger partial charge in [-0.3, -0.25) is 33.9 Å². The predicted octanol–water partition coefficient (Wildman–Crippen LogP) is 4.49. The Labute approximate surface area is 261 Å². The number of carbonyl (C=O) groups excluding carboxylic acids is 4. The van der Waals surface area contributed by atoms with E-state index in [0.29, 0.717) is 21.2 Å². The fraction of sp³-hybridized carbons (Fsp3) is 0.207. The number of non-ortho nitro benzene ring substituents is 1. The van der Waals surface area contributed by atoms with Crippen molar-refractivity contribution < 1.29 is 28.8 Å². The summed E-state index contributed by atoms with van der Waals surface area (Å²) in [6.07, 6.45) is 0. The minimum absolute atomic E-state index is 0.171. The minimum Gasteiger partial charge on any atom is -0.462 e. The van der Waals surface area contributed by atoms with Crippen molar-refractivity contribution in [3.05, 3.63) is 101 Å². The van der Waals surface area contributed by atoms with Crippen molar-refractivity contribution in [1.29, 1.82) is 0 Å². The zero-order valence-corrected chi connectivity index (χ0v) is 25.3. The smallest absolute Gasteiger partial charge is 0.338 e. The van der Waals surface area contributed by atoms with Gasteiger partial charge in [-0.25, -0.2) is 9.69 Å². The zero-order valence-electron chi connectivity index (χ0n) is 22.8. The molecule has 1 N–H and O–H groups in total. The molecule has 2 aliphatic rings. The fourth-order valence-electron chi connectivity index (χ4n) is 5.26. The number of thioether (sulfide) groups is 1. The van der Waals surface area contributed by atoms with Gasteiger partial charge in [0.05, 0.1) is 33.7 Å². The van der Waals surface area contributed by atoms with Crippen LogP contribution in [0, 0.1) is 16.0 Å². The van der Waals surface area contributed by atoms with Gasteiger partial charge in [0.2, 0.25) is 17.7 Å². The molecule has 0 spiro atoms. The summed E-state index contributed by atoms with van der Waals surface area (Å²) in [5.41, 5.74) is 0.798. The van der Waals surface area contributed by atoms with Crippen LogP contribution in [0.5, 0.6) is 0 Å². The van der Waals surface area contributed by atoms with Gasteiger partial charge < -0.3 is 10.1 Å². The number of aromatic nitrogens is 1. The summed E-state index contributed by atoms with van der Waals surface area (Å²) in [6, 6.07) is 15.0. The molecule has 2 unspecified atom stereocenters. The number of hydrogen-bond donors (Lipinski definition) is 1. The number of carbonyl (C=O) groups is 4. The molecule has 2 aliphatic heterocycles. The van der Waals surface area contributed by atoms with E-state index >= 15 is 0 Å². The van der Waals surface area contributed by atoms with Crippen molar-refractivity contribution in [2.45, 2.75) is 29.7 Å². The van der Waals surface area contributed by atoms with Crippen molar-refractivity contribution in [2.24, 2.45) is 5.92 Å². The molecule has 12 nitrogen and oxygen atoms in total. The number of thiophene rings is 1. The number of nitro benzene ring substituents is 1. The molecule has 224 valence electrons. The molecule has 2 aromatic heterocycles. The Balaban J connectivity index is 1.30. The maximum atomic E-state index is 13.8. The number of benzene rings is 2. The Morgan fingerprint density at radius 2 is 1.75 bits per heavy atom. The molecule has 2 aromatic carbocycles. The molecule has 0 aliphatic carbocycles. The predicted molar refractivity (Wildman–Crippen MR) is 164 cm³/mol. The molecule has 0 radical (unpaired) electrons. The molecule has 1 saturated heterocycles. The topological polar surface area (TPSA) is 158 Å². The lowest BCUT2D eigenvalue weighted by molar-refractivity contribution is -0.384. The molecular formula is C29H22N4O8S3. The van der Waals surface area contributed by atoms with Crippen LogP contribution < -0.4 is 15.1 Å². The highest BCUT2D eigenvalue weighted by Gasteiger charge is 2.57. The number of nitrogens with one attached hydrogen (secondary N) is 1. The van der Waals surface area contributed by atoms with E-state index in [0.717, 1.165) is 32.9 Å². The largest absolute Gasteiger partial charge is 0.462 e. The van der Waals surface area contributed by atoms with Crippen molar-refractivity contribution in [2.75, 3.05) is 16.8 Å². The highest BCUT2D eigenvalue weighted by molar-refractivity contribution is 8.00. The van der Waals surface area contributed by atoms with E-state index in [9.17, 15) is 34.1 Å². The van der Waals surface area contributed by atoms with Gasteiger partial charge in [-0.1, -0.05) is 29.2 Å². The number of thiazole rings is 1. The number of esters is 1. The standard InChI is InChI=1S/C29H22N4O8S3/c1-2-41-28(37)15-5-7-16(8-6-15)30-20(34)14-31-27-24(44-29(31)38)21(19-4-3-13-42-19)22-23(43-27)26(36)32(25(22)35)17-9-11-18(12-10-17)33(39)40/h3-13,21-23H,2,14H2,1H3,(H,30,34)/t21-,22?,23?/m0/s1. The monoisotopic (exact) mass is 650 g/mol. The first-order valence-corrected chi connectivity index (χ1v) is 15.9. The van der Waals surface area contributed by atoms with Gasteiger partial charge in [0.1, 0.15) is 11.8 Å². The summed E-state index contributed by atoms with van der Waals surface area (Å²) in [4.78, 5) is 78.4. The van der Waals surface area contributed by atoms with Gasteiger partial charge in [-0.15, -0.1) is 11.3 Å². The number of hydrogen-bond acceptors (Lipinski definition) is 11. The second-order valence-corrected chi connectivity index (χ2v) is 12.9. The lowest BCUT2D eigenvalue weighted by Crippen LogP contribution is -2.32. The molecule has 6 rings (SSSR count). The second kappa shape index (κ2) is 11.8. The lowest BCUT2D eigenvalue weighted by atomic mass is 9.87. The summed E-state index contributed by atoms with van der Waals surface area (Å²) < 4.78 is 6.29. The van der Waals surface area contributed by atoms with E-state index in [2.05, 4.69) is 5.32 Å². The summed E-state index contributed by atoms with van der Waals surface area (Å²) in [7, 11) is 0. The number of fused-ring (bicyclic) bond motifs is 2. The second-order valence-electron chi connectivity index (χ2n) is 9.81. The molecule has 3 amide bonds. The normalized spacial score (nSPS) is 18.9. The number of ether oxygens (including phenoxy) is 1. The van der Waals surface area contributed by atoms with E-state index < -0.39 is 50.6 Å². The van der Waals surface area contributed by atoms with Crippen LogP contribution in [0.4, 0.5) is 17.1 Å². The first kappa shape index (κ1) is 29.5. The van der Waals surface area contributed by atoms with E-state index in [1.807, 2.05) is 17.5 Å². The van der Waals surface area contributed by atoms with Gasteiger partial charge in [-0.2, -0.15) is 0 Å². The average Bonchev–Trinajstić information content (AvgIpc) is 3.70. The highest BCUT2D eigenvalue weighted by Crippen LogP contribution is 2.54. The Kier molecular flexibility index (Phi) is 7.92. The van der Waals surface area contributed by atoms with Crippen LogP contribution in [0.3, 0.4) is 0 Å². The number of imide groups is 1. The fourth-order valence-corrected chi connectivity index (χ4v) is 8.98. The summed E-state index contributed by atoms with van der Waals surface area (Å²) in [5, 5.41) is 15.3. The quantitative estimate of drug-likeness (QED) is 0.126. The molecular weight excluding hydrogens is 629 g/mol. The first-order chi connectivity index (χ1) is 21.2. The van der Waals surface area contributed by atoms with Crippen molar-refractivity contribution >= 4 is 75.2 Å². The Bertz CT molecular complexity index is 1850. The van der Waals surface area contributed by atoms with Crippen LogP contribution in [0.1, 0.15) is 33.0 Å². The van der Waals surface area contributed by atoms with E-state index in [4.69, 9.17) is 4.74 Å². The Morgan fingerprint density at radius 1 is 1.02 bits per heavy atom. The number of rotatable bonds is 8. The van der Waals surface area contributed by atoms with Gasteiger partial charge in [0, 0.05) is 33.5 Å². The number of nitrogens with zero attached hydrogens (tertiary/aromatic N) is 3. The van der Waals surface area contributed by atoms with E-state index in [1.54, 1.807) is 19.1 Å². The van der Waals surface area contributed by atoms with Crippen LogP contribution >= 0.6 is 34.4 Å². The molecule has 0 bridgehead atoms. The molecule has 4 heterocycles. The van der Waals surface area contributed by atoms with Gasteiger partial charge in [0.15, 0.2) is 0 Å². The first-order valence-electron chi connectivity index (χ1n) is 13.3. The third-order valence-electron chi connectivity index (χ3n) is 7.20. The zero-order chi connectivity index (χ0) is 31.1. The number of anilines is 2. The van der Waals surface area contributed by atoms with Crippen LogP contribution in [-0.2, 0) is 25.7 Å². The van der Waals surface area contributed by atoms with Gasteiger partial charge in [-0.05, 0) is 54.8 Å². The Hall–Kier alpha value is -4.60. The average molecular weight is 651 g/mol. The third kappa shape index (κ3) is 5.22. The van der Waals surface area contributed by atoms with Crippen LogP contribution in [0.25, 0.3) is 0 Å². The maximum Gasteiger partial charge on any atom is 0.338 e. The summed E-state index contributed by atoms with van der Waals surface area (Å²) in [6.45, 7) is 1.60. The molecule has 4 aromatic rings. The van der Waals surface area contributed by atoms with Gasteiger partial charge >= 0.3 is 10.8 Å². The van der Waals surface area contributed by atoms with E-state index in [-0.39, 0.29) is 24.5 Å². The molecule has 3 atom stereocenters. The summed E-state index contributed by atoms with van der Waals surface area (Å²) >= 11 is 3.42. The summed E-state index contributed by atoms with van der Waals surface area (Å²) in [5.74, 6) is -3.33. The van der Waals surface area contributed by atoms with Gasteiger partial charge in [0.25, 0.3) is 5.69 Å². The SMILES string of the molecule is CCOC(=O)c1ccc(NC(=O)Cn2c3c(sc2=O)[C@@H](c2cccs2)C2C(=O)N(c4ccc([N+](=O)[O-])cc4)C(=O)C2S3)cc1.